The van der Waals surface area contributed by atoms with Crippen LogP contribution < -0.4 is 10.2 Å². The van der Waals surface area contributed by atoms with Crippen LogP contribution >= 0.6 is 11.8 Å². The number of ether oxygens (including phenoxy) is 1. The highest BCUT2D eigenvalue weighted by molar-refractivity contribution is 8.00. The first-order valence-electron chi connectivity index (χ1n) is 10.5. The molecule has 2 heterocycles. The Morgan fingerprint density at radius 2 is 1.74 bits per heavy atom. The zero-order valence-corrected chi connectivity index (χ0v) is 18.4. The van der Waals surface area contributed by atoms with E-state index in [1.54, 1.807) is 0 Å². The van der Waals surface area contributed by atoms with Gasteiger partial charge in [-0.25, -0.2) is 0 Å². The lowest BCUT2D eigenvalue weighted by Crippen LogP contribution is -2.38. The van der Waals surface area contributed by atoms with Crippen LogP contribution in [0.2, 0.25) is 0 Å². The van der Waals surface area contributed by atoms with Gasteiger partial charge in [-0.3, -0.25) is 9.36 Å². The Bertz CT molecular complexity index is 974. The van der Waals surface area contributed by atoms with Gasteiger partial charge in [0.2, 0.25) is 11.9 Å². The third kappa shape index (κ3) is 5.45. The number of nitrogens with one attached hydrogen (secondary N) is 1. The molecule has 1 aliphatic rings. The van der Waals surface area contributed by atoms with E-state index < -0.39 is 0 Å². The summed E-state index contributed by atoms with van der Waals surface area (Å²) >= 11 is 1.42. The number of hydrogen-bond donors (Lipinski definition) is 1. The van der Waals surface area contributed by atoms with Crippen LogP contribution in [0.5, 0.6) is 0 Å². The Morgan fingerprint density at radius 1 is 1.06 bits per heavy atom. The third-order valence-corrected chi connectivity index (χ3v) is 6.17. The molecule has 1 unspecified atom stereocenters. The second-order valence-corrected chi connectivity index (χ2v) is 8.65. The zero-order valence-electron chi connectivity index (χ0n) is 17.6. The molecule has 0 bridgehead atoms. The van der Waals surface area contributed by atoms with Crippen molar-refractivity contribution in [2.75, 3.05) is 37.7 Å². The summed E-state index contributed by atoms with van der Waals surface area (Å²) in [5.74, 6) is 0.783. The molecular formula is C23H27N5O2S. The average Bonchev–Trinajstić information content (AvgIpc) is 3.24. The maximum Gasteiger partial charge on any atom is 0.233 e. The van der Waals surface area contributed by atoms with Gasteiger partial charge in [0, 0.05) is 19.6 Å². The SMILES string of the molecule is CC(Sc1nnc(N2CCOCC2)n1-c1ccccc1)C(=O)NCCc1ccccc1. The van der Waals surface area contributed by atoms with E-state index in [9.17, 15) is 4.79 Å². The Hall–Kier alpha value is -2.84. The predicted molar refractivity (Wildman–Crippen MR) is 123 cm³/mol. The summed E-state index contributed by atoms with van der Waals surface area (Å²) in [7, 11) is 0. The maximum absolute atomic E-state index is 12.7. The second kappa shape index (κ2) is 10.5. The largest absolute Gasteiger partial charge is 0.378 e. The van der Waals surface area contributed by atoms with Crippen molar-refractivity contribution in [1.29, 1.82) is 0 Å². The van der Waals surface area contributed by atoms with Crippen LogP contribution in [0.1, 0.15) is 12.5 Å². The lowest BCUT2D eigenvalue weighted by atomic mass is 10.1. The van der Waals surface area contributed by atoms with Crippen molar-refractivity contribution in [3.8, 4) is 5.69 Å². The number of benzene rings is 2. The van der Waals surface area contributed by atoms with E-state index >= 15 is 0 Å². The van der Waals surface area contributed by atoms with Crippen LogP contribution in [0.25, 0.3) is 5.69 Å². The lowest BCUT2D eigenvalue weighted by Gasteiger charge is -2.28. The Balaban J connectivity index is 1.45. The number of nitrogens with zero attached hydrogens (tertiary/aromatic N) is 4. The van der Waals surface area contributed by atoms with Gasteiger partial charge in [0.1, 0.15) is 0 Å². The van der Waals surface area contributed by atoms with Gasteiger partial charge in [0.15, 0.2) is 5.16 Å². The topological polar surface area (TPSA) is 72.3 Å². The molecule has 31 heavy (non-hydrogen) atoms. The minimum absolute atomic E-state index is 0.00327. The molecule has 1 aromatic heterocycles. The number of hydrogen-bond acceptors (Lipinski definition) is 6. The minimum atomic E-state index is -0.292. The lowest BCUT2D eigenvalue weighted by molar-refractivity contribution is -0.120. The van der Waals surface area contributed by atoms with E-state index in [2.05, 4.69) is 32.5 Å². The first-order chi connectivity index (χ1) is 15.2. The van der Waals surface area contributed by atoms with Crippen molar-refractivity contribution >= 4 is 23.6 Å². The molecule has 1 atom stereocenters. The third-order valence-electron chi connectivity index (χ3n) is 5.13. The summed E-state index contributed by atoms with van der Waals surface area (Å²) in [6.07, 6.45) is 0.811. The second-order valence-electron chi connectivity index (χ2n) is 7.34. The first kappa shape index (κ1) is 21.4. The van der Waals surface area contributed by atoms with Crippen molar-refractivity contribution in [1.82, 2.24) is 20.1 Å². The zero-order chi connectivity index (χ0) is 21.5. The van der Waals surface area contributed by atoms with Gasteiger partial charge in [0.25, 0.3) is 0 Å². The molecule has 2 aromatic carbocycles. The van der Waals surface area contributed by atoms with E-state index in [1.807, 2.05) is 60.0 Å². The highest BCUT2D eigenvalue weighted by Gasteiger charge is 2.24. The Labute approximate surface area is 186 Å². The van der Waals surface area contributed by atoms with Crippen molar-refractivity contribution in [2.24, 2.45) is 0 Å². The summed E-state index contributed by atoms with van der Waals surface area (Å²) in [5.41, 5.74) is 2.19. The number of carbonyl (C=O) groups is 1. The van der Waals surface area contributed by atoms with Crippen LogP contribution in [-0.2, 0) is 16.0 Å². The number of rotatable bonds is 8. The highest BCUT2D eigenvalue weighted by atomic mass is 32.2. The fourth-order valence-electron chi connectivity index (χ4n) is 3.44. The van der Waals surface area contributed by atoms with Gasteiger partial charge < -0.3 is 15.0 Å². The smallest absolute Gasteiger partial charge is 0.233 e. The summed E-state index contributed by atoms with van der Waals surface area (Å²) in [6, 6.07) is 20.2. The molecule has 1 fully saturated rings. The van der Waals surface area contributed by atoms with E-state index in [0.29, 0.717) is 24.9 Å². The van der Waals surface area contributed by atoms with E-state index in [4.69, 9.17) is 4.74 Å². The van der Waals surface area contributed by atoms with Crippen molar-refractivity contribution in [3.05, 3.63) is 66.2 Å². The summed E-state index contributed by atoms with van der Waals surface area (Å²) in [4.78, 5) is 14.9. The molecule has 7 nitrogen and oxygen atoms in total. The fraction of sp³-hybridized carbons (Fsp3) is 0.348. The molecular weight excluding hydrogens is 410 g/mol. The Kier molecular flexibility index (Phi) is 7.22. The molecule has 8 heteroatoms. The summed E-state index contributed by atoms with van der Waals surface area (Å²) in [6.45, 7) is 5.39. The summed E-state index contributed by atoms with van der Waals surface area (Å²) in [5, 5.41) is 12.3. The molecule has 4 rings (SSSR count). The van der Waals surface area contributed by atoms with Gasteiger partial charge in [0.05, 0.1) is 24.2 Å². The molecule has 162 valence electrons. The number of morpholine rings is 1. The number of thioether (sulfide) groups is 1. The van der Waals surface area contributed by atoms with Crippen molar-refractivity contribution in [2.45, 2.75) is 23.8 Å². The molecule has 1 aliphatic heterocycles. The Morgan fingerprint density at radius 3 is 2.45 bits per heavy atom. The highest BCUT2D eigenvalue weighted by Crippen LogP contribution is 2.29. The molecule has 0 saturated carbocycles. The molecule has 1 N–H and O–H groups in total. The minimum Gasteiger partial charge on any atom is -0.378 e. The monoisotopic (exact) mass is 437 g/mol. The van der Waals surface area contributed by atoms with Crippen molar-refractivity contribution in [3.63, 3.8) is 0 Å². The number of amides is 1. The van der Waals surface area contributed by atoms with Crippen LogP contribution in [0.3, 0.4) is 0 Å². The van der Waals surface area contributed by atoms with Gasteiger partial charge in [-0.1, -0.05) is 60.3 Å². The van der Waals surface area contributed by atoms with Crippen molar-refractivity contribution < 1.29 is 9.53 Å². The molecule has 0 aliphatic carbocycles. The van der Waals surface area contributed by atoms with Gasteiger partial charge >= 0.3 is 0 Å². The van der Waals surface area contributed by atoms with Crippen LogP contribution in [0.4, 0.5) is 5.95 Å². The first-order valence-corrected chi connectivity index (χ1v) is 11.4. The van der Waals surface area contributed by atoms with E-state index in [0.717, 1.165) is 31.1 Å². The van der Waals surface area contributed by atoms with E-state index in [-0.39, 0.29) is 11.2 Å². The van der Waals surface area contributed by atoms with Gasteiger partial charge in [-0.05, 0) is 31.0 Å². The van der Waals surface area contributed by atoms with Crippen LogP contribution in [-0.4, -0.2) is 58.8 Å². The number of para-hydroxylation sites is 1. The molecule has 0 radical (unpaired) electrons. The van der Waals surface area contributed by atoms with Gasteiger partial charge in [-0.2, -0.15) is 0 Å². The predicted octanol–water partition coefficient (Wildman–Crippen LogP) is 2.94. The quantitative estimate of drug-likeness (QED) is 0.547. The fourth-order valence-corrected chi connectivity index (χ4v) is 4.33. The maximum atomic E-state index is 12.7. The number of anilines is 1. The van der Waals surface area contributed by atoms with E-state index in [1.165, 1.54) is 17.3 Å². The number of carbonyl (C=O) groups excluding carboxylic acids is 1. The molecule has 1 saturated heterocycles. The van der Waals surface area contributed by atoms with Crippen LogP contribution in [0, 0.1) is 0 Å². The molecule has 0 spiro atoms. The standard InChI is InChI=1S/C23H27N5O2S/c1-18(21(29)24-13-12-19-8-4-2-5-9-19)31-23-26-25-22(27-14-16-30-17-15-27)28(23)20-10-6-3-7-11-20/h2-11,18H,12-17H2,1H3,(H,24,29). The average molecular weight is 438 g/mol. The molecule has 3 aromatic rings. The number of aromatic nitrogens is 3. The van der Waals surface area contributed by atoms with Crippen LogP contribution in [0.15, 0.2) is 65.8 Å². The van der Waals surface area contributed by atoms with Gasteiger partial charge in [-0.15, -0.1) is 10.2 Å². The normalized spacial score (nSPS) is 14.9. The molecule has 1 amide bonds. The summed E-state index contributed by atoms with van der Waals surface area (Å²) < 4.78 is 7.51.